The number of nitrogens with one attached hydrogen (secondary N) is 1. The van der Waals surface area contributed by atoms with E-state index in [1.165, 1.54) is 45.8 Å². The quantitative estimate of drug-likeness (QED) is 0.644. The smallest absolute Gasteiger partial charge is 0.251 e. The summed E-state index contributed by atoms with van der Waals surface area (Å²) in [4.78, 5) is 12.9. The number of methoxy groups -OCH3 is 1. The van der Waals surface area contributed by atoms with Crippen molar-refractivity contribution in [3.8, 4) is 5.75 Å². The molecule has 0 spiro atoms. The molecule has 0 aliphatic carbocycles. The van der Waals surface area contributed by atoms with Crippen LogP contribution in [0.4, 0.5) is 0 Å². The Kier molecular flexibility index (Phi) is 8.06. The minimum absolute atomic E-state index is 0.00555. The van der Waals surface area contributed by atoms with E-state index in [4.69, 9.17) is 9.47 Å². The van der Waals surface area contributed by atoms with Gasteiger partial charge in [0.2, 0.25) is 10.0 Å². The Labute approximate surface area is 203 Å². The monoisotopic (exact) mass is 488 g/mol. The molecular formula is C26H36N2O5S. The van der Waals surface area contributed by atoms with Crippen molar-refractivity contribution in [2.24, 2.45) is 0 Å². The molecule has 1 aliphatic heterocycles. The molecule has 8 heteroatoms. The normalized spacial score (nSPS) is 15.2. The zero-order valence-electron chi connectivity index (χ0n) is 21.0. The second-order valence-corrected chi connectivity index (χ2v) is 11.6. The average molecular weight is 489 g/mol. The Morgan fingerprint density at radius 2 is 1.71 bits per heavy atom. The first-order chi connectivity index (χ1) is 15.9. The van der Waals surface area contributed by atoms with Gasteiger partial charge < -0.3 is 14.8 Å². The van der Waals surface area contributed by atoms with Gasteiger partial charge in [-0.3, -0.25) is 4.79 Å². The number of hydrogen-bond donors (Lipinski definition) is 1. The number of rotatable bonds is 7. The van der Waals surface area contributed by atoms with Gasteiger partial charge in [-0.25, -0.2) is 8.42 Å². The van der Waals surface area contributed by atoms with Crippen LogP contribution in [0.25, 0.3) is 0 Å². The Balaban J connectivity index is 1.74. The minimum Gasteiger partial charge on any atom is -0.495 e. The van der Waals surface area contributed by atoms with Gasteiger partial charge in [-0.1, -0.05) is 32.9 Å². The van der Waals surface area contributed by atoms with E-state index in [9.17, 15) is 13.2 Å². The van der Waals surface area contributed by atoms with Gasteiger partial charge in [0.05, 0.1) is 20.3 Å². The molecule has 0 radical (unpaired) electrons. The molecular weight excluding hydrogens is 452 g/mol. The number of carbonyl (C=O) groups excluding carboxylic acids is 1. The predicted molar refractivity (Wildman–Crippen MR) is 133 cm³/mol. The summed E-state index contributed by atoms with van der Waals surface area (Å²) >= 11 is 0. The van der Waals surface area contributed by atoms with Crippen LogP contribution < -0.4 is 10.1 Å². The van der Waals surface area contributed by atoms with E-state index < -0.39 is 10.0 Å². The maximum absolute atomic E-state index is 13.2. The zero-order chi connectivity index (χ0) is 25.1. The van der Waals surface area contributed by atoms with Crippen molar-refractivity contribution >= 4 is 15.9 Å². The number of hydrogen-bond acceptors (Lipinski definition) is 5. The zero-order valence-corrected chi connectivity index (χ0v) is 21.8. The molecule has 186 valence electrons. The number of aryl methyl sites for hydroxylation is 2. The van der Waals surface area contributed by atoms with E-state index in [0.29, 0.717) is 26.2 Å². The second-order valence-electron chi connectivity index (χ2n) is 9.73. The van der Waals surface area contributed by atoms with Crippen LogP contribution in [0.2, 0.25) is 0 Å². The molecule has 34 heavy (non-hydrogen) atoms. The number of nitrogens with zero attached hydrogens (tertiary/aromatic N) is 1. The van der Waals surface area contributed by atoms with Crippen LogP contribution in [0.3, 0.4) is 0 Å². The molecule has 2 aromatic carbocycles. The van der Waals surface area contributed by atoms with E-state index in [-0.39, 0.29) is 40.6 Å². The van der Waals surface area contributed by atoms with Crippen LogP contribution in [-0.4, -0.2) is 58.6 Å². The Bertz CT molecular complexity index is 1120. The maximum Gasteiger partial charge on any atom is 0.251 e. The van der Waals surface area contributed by atoms with Gasteiger partial charge in [0.1, 0.15) is 10.6 Å². The van der Waals surface area contributed by atoms with E-state index in [1.807, 2.05) is 0 Å². The average Bonchev–Trinajstić information content (AvgIpc) is 2.80. The molecule has 7 nitrogen and oxygen atoms in total. The van der Waals surface area contributed by atoms with Crippen LogP contribution in [0.1, 0.15) is 53.4 Å². The van der Waals surface area contributed by atoms with E-state index in [2.05, 4.69) is 52.1 Å². The number of ether oxygens (including phenoxy) is 2. The molecule has 2 aromatic rings. The molecule has 1 N–H and O–H groups in total. The van der Waals surface area contributed by atoms with Crippen LogP contribution >= 0.6 is 0 Å². The Morgan fingerprint density at radius 3 is 2.26 bits per heavy atom. The summed E-state index contributed by atoms with van der Waals surface area (Å²) in [6.45, 7) is 12.5. The van der Waals surface area contributed by atoms with Gasteiger partial charge >= 0.3 is 0 Å². The highest BCUT2D eigenvalue weighted by atomic mass is 32.2. The lowest BCUT2D eigenvalue weighted by atomic mass is 9.83. The van der Waals surface area contributed by atoms with Crippen LogP contribution in [0.5, 0.6) is 5.75 Å². The van der Waals surface area contributed by atoms with Crippen molar-refractivity contribution in [2.45, 2.75) is 51.3 Å². The maximum atomic E-state index is 13.2. The summed E-state index contributed by atoms with van der Waals surface area (Å²) in [5.41, 5.74) is 5.30. The third kappa shape index (κ3) is 5.79. The molecule has 0 unspecified atom stereocenters. The first-order valence-corrected chi connectivity index (χ1v) is 13.0. The fraction of sp³-hybridized carbons (Fsp3) is 0.500. The minimum atomic E-state index is -3.80. The summed E-state index contributed by atoms with van der Waals surface area (Å²) in [5.74, 6) is -0.101. The molecule has 1 saturated heterocycles. The van der Waals surface area contributed by atoms with Crippen LogP contribution in [-0.2, 0) is 26.6 Å². The fourth-order valence-corrected chi connectivity index (χ4v) is 5.76. The van der Waals surface area contributed by atoms with E-state index in [0.717, 1.165) is 0 Å². The Morgan fingerprint density at radius 1 is 1.09 bits per heavy atom. The molecule has 3 rings (SSSR count). The first-order valence-electron chi connectivity index (χ1n) is 11.6. The fourth-order valence-electron chi connectivity index (χ4n) is 4.17. The van der Waals surface area contributed by atoms with Crippen molar-refractivity contribution in [3.63, 3.8) is 0 Å². The molecule has 1 fully saturated rings. The number of morpholine rings is 1. The van der Waals surface area contributed by atoms with Crippen LogP contribution in [0.15, 0.2) is 35.2 Å². The topological polar surface area (TPSA) is 84.9 Å². The van der Waals surface area contributed by atoms with Gasteiger partial charge in [-0.2, -0.15) is 4.31 Å². The van der Waals surface area contributed by atoms with Crippen molar-refractivity contribution in [2.75, 3.05) is 40.0 Å². The predicted octanol–water partition coefficient (Wildman–Crippen LogP) is 3.60. The third-order valence-corrected chi connectivity index (χ3v) is 8.16. The molecule has 1 aliphatic rings. The molecule has 0 aromatic heterocycles. The lowest BCUT2D eigenvalue weighted by molar-refractivity contribution is 0.0729. The summed E-state index contributed by atoms with van der Waals surface area (Å²) < 4.78 is 38.3. The summed E-state index contributed by atoms with van der Waals surface area (Å²) in [6.07, 6.45) is 0.697. The summed E-state index contributed by atoms with van der Waals surface area (Å²) in [7, 11) is -2.38. The summed E-state index contributed by atoms with van der Waals surface area (Å²) in [6, 6.07) is 8.95. The molecule has 0 atom stereocenters. The lowest BCUT2D eigenvalue weighted by Crippen LogP contribution is -2.40. The Hall–Kier alpha value is -2.42. The van der Waals surface area contributed by atoms with Crippen LogP contribution in [0, 0.1) is 13.8 Å². The number of sulfonamides is 1. The highest BCUT2D eigenvalue weighted by Gasteiger charge is 2.30. The van der Waals surface area contributed by atoms with Crippen molar-refractivity contribution in [1.82, 2.24) is 9.62 Å². The van der Waals surface area contributed by atoms with Gasteiger partial charge in [0.15, 0.2) is 0 Å². The van der Waals surface area contributed by atoms with E-state index in [1.54, 1.807) is 6.07 Å². The van der Waals surface area contributed by atoms with Crippen molar-refractivity contribution < 1.29 is 22.7 Å². The number of benzene rings is 2. The third-order valence-electron chi connectivity index (χ3n) is 6.24. The lowest BCUT2D eigenvalue weighted by Gasteiger charge is -2.26. The highest BCUT2D eigenvalue weighted by molar-refractivity contribution is 7.89. The van der Waals surface area contributed by atoms with Gasteiger partial charge in [-0.05, 0) is 66.1 Å². The molecule has 0 saturated carbocycles. The number of carbonyl (C=O) groups is 1. The van der Waals surface area contributed by atoms with Gasteiger partial charge in [0, 0.05) is 25.2 Å². The SMILES string of the molecule is COc1ccc(C(=O)NCCc2c(C)cc(C(C)(C)C)cc2C)cc1S(=O)(=O)N1CCOCC1. The molecule has 1 amide bonds. The van der Waals surface area contributed by atoms with Crippen molar-refractivity contribution in [1.29, 1.82) is 0 Å². The highest BCUT2D eigenvalue weighted by Crippen LogP contribution is 2.29. The number of amides is 1. The second kappa shape index (κ2) is 10.5. The van der Waals surface area contributed by atoms with Gasteiger partial charge in [-0.15, -0.1) is 0 Å². The molecule has 1 heterocycles. The van der Waals surface area contributed by atoms with Crippen molar-refractivity contribution in [3.05, 3.63) is 58.1 Å². The largest absolute Gasteiger partial charge is 0.495 e. The summed E-state index contributed by atoms with van der Waals surface area (Å²) in [5, 5.41) is 2.93. The standard InChI is InChI=1S/C26H36N2O5S/c1-18-15-21(26(3,4)5)16-19(2)22(18)9-10-27-25(29)20-7-8-23(32-6)24(17-20)34(30,31)28-11-13-33-14-12-28/h7-8,15-17H,9-14H2,1-6H3,(H,27,29). The van der Waals surface area contributed by atoms with E-state index >= 15 is 0 Å². The molecule has 0 bridgehead atoms. The van der Waals surface area contributed by atoms with Gasteiger partial charge in [0.25, 0.3) is 5.91 Å². The first kappa shape index (κ1) is 26.2.